The number of halogens is 1. The van der Waals surface area contributed by atoms with Crippen molar-refractivity contribution in [2.75, 3.05) is 31.6 Å². The molecular formula is C15H20BrN3O. The molecule has 0 bridgehead atoms. The van der Waals surface area contributed by atoms with Gasteiger partial charge in [-0.05, 0) is 30.5 Å². The molecule has 1 amide bonds. The highest BCUT2D eigenvalue weighted by atomic mass is 79.9. The van der Waals surface area contributed by atoms with Crippen LogP contribution in [0, 0.1) is 0 Å². The van der Waals surface area contributed by atoms with Crippen molar-refractivity contribution in [1.29, 1.82) is 0 Å². The summed E-state index contributed by atoms with van der Waals surface area (Å²) in [6.07, 6.45) is 2.61. The molecule has 1 saturated carbocycles. The SMILES string of the molecule is CN1CCN(c2ccc(CNC3CC3)c(Br)c2)CC1=O. The summed E-state index contributed by atoms with van der Waals surface area (Å²) in [6, 6.07) is 7.12. The molecule has 0 spiro atoms. The zero-order chi connectivity index (χ0) is 14.1. The number of benzene rings is 1. The molecule has 0 unspecified atom stereocenters. The number of carbonyl (C=O) groups is 1. The molecule has 1 aliphatic carbocycles. The maximum absolute atomic E-state index is 11.8. The van der Waals surface area contributed by atoms with Crippen molar-refractivity contribution in [3.05, 3.63) is 28.2 Å². The summed E-state index contributed by atoms with van der Waals surface area (Å²) >= 11 is 3.65. The quantitative estimate of drug-likeness (QED) is 0.912. The van der Waals surface area contributed by atoms with E-state index in [0.29, 0.717) is 6.54 Å². The fourth-order valence-electron chi connectivity index (χ4n) is 2.40. The van der Waals surface area contributed by atoms with Crippen molar-refractivity contribution in [2.45, 2.75) is 25.4 Å². The van der Waals surface area contributed by atoms with Gasteiger partial charge in [-0.15, -0.1) is 0 Å². The van der Waals surface area contributed by atoms with Crippen molar-refractivity contribution in [3.8, 4) is 0 Å². The Bertz CT molecular complexity index is 516. The fourth-order valence-corrected chi connectivity index (χ4v) is 2.90. The van der Waals surface area contributed by atoms with E-state index in [2.05, 4.69) is 44.3 Å². The molecule has 0 radical (unpaired) electrons. The number of piperazine rings is 1. The number of hydrogen-bond acceptors (Lipinski definition) is 3. The minimum Gasteiger partial charge on any atom is -0.360 e. The first-order valence-electron chi connectivity index (χ1n) is 7.14. The molecule has 108 valence electrons. The van der Waals surface area contributed by atoms with Crippen LogP contribution in [0.3, 0.4) is 0 Å². The Morgan fingerprint density at radius 3 is 2.80 bits per heavy atom. The standard InChI is InChI=1S/C15H20BrN3O/c1-18-6-7-19(10-15(18)20)13-5-2-11(14(16)8-13)9-17-12-3-4-12/h2,5,8,12,17H,3-4,6-7,9-10H2,1H3. The Labute approximate surface area is 128 Å². The van der Waals surface area contributed by atoms with Crippen molar-refractivity contribution in [3.63, 3.8) is 0 Å². The Kier molecular flexibility index (Phi) is 3.98. The highest BCUT2D eigenvalue weighted by molar-refractivity contribution is 9.10. The summed E-state index contributed by atoms with van der Waals surface area (Å²) in [5.41, 5.74) is 2.40. The largest absolute Gasteiger partial charge is 0.360 e. The summed E-state index contributed by atoms with van der Waals surface area (Å²) in [6.45, 7) is 3.07. The summed E-state index contributed by atoms with van der Waals surface area (Å²) in [5, 5.41) is 3.52. The van der Waals surface area contributed by atoms with Gasteiger partial charge < -0.3 is 15.1 Å². The molecule has 0 aromatic heterocycles. The number of anilines is 1. The van der Waals surface area contributed by atoms with E-state index in [1.165, 1.54) is 18.4 Å². The van der Waals surface area contributed by atoms with E-state index in [1.54, 1.807) is 4.90 Å². The second-order valence-corrected chi connectivity index (χ2v) is 6.52. The maximum Gasteiger partial charge on any atom is 0.241 e. The highest BCUT2D eigenvalue weighted by Gasteiger charge is 2.22. The minimum atomic E-state index is 0.187. The molecule has 1 saturated heterocycles. The molecule has 2 aliphatic rings. The highest BCUT2D eigenvalue weighted by Crippen LogP contribution is 2.26. The number of nitrogens with zero attached hydrogens (tertiary/aromatic N) is 2. The number of nitrogens with one attached hydrogen (secondary N) is 1. The molecule has 4 nitrogen and oxygen atoms in total. The fraction of sp³-hybridized carbons (Fsp3) is 0.533. The van der Waals surface area contributed by atoms with Gasteiger partial charge in [-0.25, -0.2) is 0 Å². The first-order valence-corrected chi connectivity index (χ1v) is 7.93. The van der Waals surface area contributed by atoms with Gasteiger partial charge in [0.25, 0.3) is 0 Å². The Balaban J connectivity index is 1.67. The predicted octanol–water partition coefficient (Wildman–Crippen LogP) is 1.98. The Morgan fingerprint density at radius 1 is 1.35 bits per heavy atom. The third-order valence-corrected chi connectivity index (χ3v) is 4.76. The monoisotopic (exact) mass is 337 g/mol. The van der Waals surface area contributed by atoms with E-state index in [1.807, 2.05) is 7.05 Å². The maximum atomic E-state index is 11.8. The van der Waals surface area contributed by atoms with Gasteiger partial charge in [0.05, 0.1) is 6.54 Å². The molecule has 1 N–H and O–H groups in total. The second-order valence-electron chi connectivity index (χ2n) is 5.67. The van der Waals surface area contributed by atoms with Crippen molar-refractivity contribution < 1.29 is 4.79 Å². The average molecular weight is 338 g/mol. The van der Waals surface area contributed by atoms with Crippen LogP contribution in [0.25, 0.3) is 0 Å². The van der Waals surface area contributed by atoms with E-state index in [4.69, 9.17) is 0 Å². The van der Waals surface area contributed by atoms with Crippen LogP contribution in [0.5, 0.6) is 0 Å². The van der Waals surface area contributed by atoms with Crippen LogP contribution < -0.4 is 10.2 Å². The summed E-state index contributed by atoms with van der Waals surface area (Å²) < 4.78 is 1.12. The van der Waals surface area contributed by atoms with Gasteiger partial charge in [-0.1, -0.05) is 22.0 Å². The third kappa shape index (κ3) is 3.15. The topological polar surface area (TPSA) is 35.6 Å². The van der Waals surface area contributed by atoms with Crippen LogP contribution in [-0.2, 0) is 11.3 Å². The summed E-state index contributed by atoms with van der Waals surface area (Å²) in [4.78, 5) is 15.7. The van der Waals surface area contributed by atoms with Crippen LogP contribution in [-0.4, -0.2) is 43.5 Å². The van der Waals surface area contributed by atoms with Gasteiger partial charge in [0.1, 0.15) is 0 Å². The molecule has 5 heteroatoms. The number of likely N-dealkylation sites (N-methyl/N-ethyl adjacent to an activating group) is 1. The van der Waals surface area contributed by atoms with E-state index < -0.39 is 0 Å². The van der Waals surface area contributed by atoms with Crippen LogP contribution in [0.1, 0.15) is 18.4 Å². The zero-order valence-electron chi connectivity index (χ0n) is 11.7. The molecule has 1 aliphatic heterocycles. The molecule has 20 heavy (non-hydrogen) atoms. The summed E-state index contributed by atoms with van der Waals surface area (Å²) in [7, 11) is 1.86. The number of amides is 1. The molecule has 1 heterocycles. The van der Waals surface area contributed by atoms with E-state index >= 15 is 0 Å². The predicted molar refractivity (Wildman–Crippen MR) is 83.9 cm³/mol. The smallest absolute Gasteiger partial charge is 0.241 e. The third-order valence-electron chi connectivity index (χ3n) is 4.02. The summed E-state index contributed by atoms with van der Waals surface area (Å²) in [5.74, 6) is 0.187. The first kappa shape index (κ1) is 13.9. The van der Waals surface area contributed by atoms with E-state index in [-0.39, 0.29) is 5.91 Å². The second kappa shape index (κ2) is 5.74. The van der Waals surface area contributed by atoms with E-state index in [9.17, 15) is 4.79 Å². The lowest BCUT2D eigenvalue weighted by Crippen LogP contribution is -2.48. The molecule has 3 rings (SSSR count). The van der Waals surface area contributed by atoms with Gasteiger partial charge in [0.2, 0.25) is 5.91 Å². The number of rotatable bonds is 4. The first-order chi connectivity index (χ1) is 9.63. The van der Waals surface area contributed by atoms with Crippen LogP contribution in [0.2, 0.25) is 0 Å². The molecule has 0 atom stereocenters. The van der Waals surface area contributed by atoms with Crippen LogP contribution in [0.15, 0.2) is 22.7 Å². The Hall–Kier alpha value is -1.07. The molecule has 1 aromatic carbocycles. The van der Waals surface area contributed by atoms with Crippen LogP contribution >= 0.6 is 15.9 Å². The van der Waals surface area contributed by atoms with E-state index in [0.717, 1.165) is 35.8 Å². The van der Waals surface area contributed by atoms with Crippen molar-refractivity contribution in [1.82, 2.24) is 10.2 Å². The van der Waals surface area contributed by atoms with Gasteiger partial charge >= 0.3 is 0 Å². The van der Waals surface area contributed by atoms with Crippen LogP contribution in [0.4, 0.5) is 5.69 Å². The van der Waals surface area contributed by atoms with Gasteiger partial charge in [0, 0.05) is 42.9 Å². The van der Waals surface area contributed by atoms with Crippen molar-refractivity contribution >= 4 is 27.5 Å². The molecular weight excluding hydrogens is 318 g/mol. The van der Waals surface area contributed by atoms with Crippen molar-refractivity contribution in [2.24, 2.45) is 0 Å². The van der Waals surface area contributed by atoms with Gasteiger partial charge in [0.15, 0.2) is 0 Å². The lowest BCUT2D eigenvalue weighted by molar-refractivity contribution is -0.129. The number of carbonyl (C=O) groups excluding carboxylic acids is 1. The minimum absolute atomic E-state index is 0.187. The van der Waals surface area contributed by atoms with Gasteiger partial charge in [-0.2, -0.15) is 0 Å². The number of hydrogen-bond donors (Lipinski definition) is 1. The Morgan fingerprint density at radius 2 is 2.15 bits per heavy atom. The normalized spacial score (nSPS) is 19.6. The lowest BCUT2D eigenvalue weighted by Gasteiger charge is -2.33. The lowest BCUT2D eigenvalue weighted by atomic mass is 10.1. The molecule has 2 fully saturated rings. The molecule has 1 aromatic rings. The van der Waals surface area contributed by atoms with Gasteiger partial charge in [-0.3, -0.25) is 4.79 Å². The average Bonchev–Trinajstić information content (AvgIpc) is 3.24. The zero-order valence-corrected chi connectivity index (χ0v) is 13.3.